The van der Waals surface area contributed by atoms with Crippen molar-refractivity contribution in [3.63, 3.8) is 0 Å². The lowest BCUT2D eigenvalue weighted by molar-refractivity contribution is 0.141. The van der Waals surface area contributed by atoms with Crippen LogP contribution in [-0.4, -0.2) is 29.6 Å². The fourth-order valence-electron chi connectivity index (χ4n) is 2.37. The Balaban J connectivity index is 2.46. The van der Waals surface area contributed by atoms with Gasteiger partial charge in [-0.2, -0.15) is 0 Å². The third kappa shape index (κ3) is 5.93. The summed E-state index contributed by atoms with van der Waals surface area (Å²) in [5.41, 5.74) is 7.46. The fourth-order valence-corrected chi connectivity index (χ4v) is 2.37. The average Bonchev–Trinajstić information content (AvgIpc) is 2.46. The molecular weight excluding hydrogens is 248 g/mol. The third-order valence-corrected chi connectivity index (χ3v) is 3.73. The van der Waals surface area contributed by atoms with E-state index >= 15 is 0 Å². The predicted molar refractivity (Wildman–Crippen MR) is 86.7 cm³/mol. The Hall–Kier alpha value is -1.06. The van der Waals surface area contributed by atoms with Gasteiger partial charge in [0.25, 0.3) is 0 Å². The highest BCUT2D eigenvalue weighted by Gasteiger charge is 2.12. The molecule has 0 saturated carbocycles. The molecule has 0 aliphatic heterocycles. The Bertz CT molecular complexity index is 360. The van der Waals surface area contributed by atoms with Crippen LogP contribution >= 0.6 is 0 Å². The van der Waals surface area contributed by atoms with E-state index < -0.39 is 6.10 Å². The van der Waals surface area contributed by atoms with Crippen molar-refractivity contribution in [1.82, 2.24) is 4.90 Å². The zero-order valence-corrected chi connectivity index (χ0v) is 13.0. The van der Waals surface area contributed by atoms with Gasteiger partial charge in [0.15, 0.2) is 0 Å². The van der Waals surface area contributed by atoms with Crippen LogP contribution in [0.25, 0.3) is 0 Å². The first-order valence-electron chi connectivity index (χ1n) is 7.93. The normalized spacial score (nSPS) is 12.8. The van der Waals surface area contributed by atoms with E-state index in [0.717, 1.165) is 31.6 Å². The average molecular weight is 278 g/mol. The van der Waals surface area contributed by atoms with Gasteiger partial charge in [-0.3, -0.25) is 0 Å². The number of para-hydroxylation sites is 1. The summed E-state index contributed by atoms with van der Waals surface area (Å²) in [5.74, 6) is 0. The predicted octanol–water partition coefficient (Wildman–Crippen LogP) is 3.59. The molecule has 0 fully saturated rings. The molecule has 0 heterocycles. The maximum absolute atomic E-state index is 10.3. The molecule has 1 aromatic carbocycles. The topological polar surface area (TPSA) is 49.5 Å². The number of aliphatic hydroxyl groups is 1. The molecular formula is C17H30N2O. The van der Waals surface area contributed by atoms with Crippen LogP contribution in [0.15, 0.2) is 24.3 Å². The minimum absolute atomic E-state index is 0.457. The number of hydrogen-bond donors (Lipinski definition) is 2. The Labute approximate surface area is 123 Å². The first kappa shape index (κ1) is 17.0. The summed E-state index contributed by atoms with van der Waals surface area (Å²) < 4.78 is 0. The van der Waals surface area contributed by atoms with E-state index in [-0.39, 0.29) is 0 Å². The monoisotopic (exact) mass is 278 g/mol. The molecule has 20 heavy (non-hydrogen) atoms. The molecule has 0 radical (unpaired) electrons. The van der Waals surface area contributed by atoms with Gasteiger partial charge in [-0.05, 0) is 38.4 Å². The number of rotatable bonds is 10. The van der Waals surface area contributed by atoms with Crippen molar-refractivity contribution in [2.24, 2.45) is 0 Å². The molecule has 0 spiro atoms. The molecule has 3 N–H and O–H groups in total. The second kappa shape index (κ2) is 9.78. The van der Waals surface area contributed by atoms with Crippen LogP contribution in [0.1, 0.15) is 57.6 Å². The minimum atomic E-state index is -0.457. The van der Waals surface area contributed by atoms with Gasteiger partial charge in [-0.25, -0.2) is 0 Å². The molecule has 1 unspecified atom stereocenters. The van der Waals surface area contributed by atoms with E-state index in [1.54, 1.807) is 0 Å². The van der Waals surface area contributed by atoms with E-state index in [1.165, 1.54) is 25.7 Å². The molecule has 1 atom stereocenters. The van der Waals surface area contributed by atoms with Crippen LogP contribution in [0.4, 0.5) is 5.69 Å². The highest BCUT2D eigenvalue weighted by Crippen LogP contribution is 2.22. The quantitative estimate of drug-likeness (QED) is 0.643. The van der Waals surface area contributed by atoms with Gasteiger partial charge in [0.1, 0.15) is 0 Å². The number of nitrogens with two attached hydrogens (primary N) is 1. The zero-order valence-electron chi connectivity index (χ0n) is 13.0. The molecule has 3 heteroatoms. The first-order valence-corrected chi connectivity index (χ1v) is 7.93. The largest absolute Gasteiger partial charge is 0.398 e. The van der Waals surface area contributed by atoms with Crippen molar-refractivity contribution in [2.75, 3.05) is 25.4 Å². The Morgan fingerprint density at radius 1 is 1.05 bits per heavy atom. The lowest BCUT2D eigenvalue weighted by Crippen LogP contribution is -2.28. The Morgan fingerprint density at radius 2 is 1.65 bits per heavy atom. The molecule has 0 aliphatic carbocycles. The van der Waals surface area contributed by atoms with Crippen molar-refractivity contribution in [3.05, 3.63) is 29.8 Å². The van der Waals surface area contributed by atoms with Gasteiger partial charge in [-0.1, -0.05) is 44.9 Å². The lowest BCUT2D eigenvalue weighted by Gasteiger charge is -2.23. The van der Waals surface area contributed by atoms with Crippen LogP contribution in [0, 0.1) is 0 Å². The second-order valence-corrected chi connectivity index (χ2v) is 5.48. The highest BCUT2D eigenvalue weighted by atomic mass is 16.3. The molecule has 3 nitrogen and oxygen atoms in total. The number of aliphatic hydroxyl groups excluding tert-OH is 1. The summed E-state index contributed by atoms with van der Waals surface area (Å²) in [6, 6.07) is 7.61. The van der Waals surface area contributed by atoms with Crippen LogP contribution in [0.2, 0.25) is 0 Å². The smallest absolute Gasteiger partial charge is 0.0822 e. The van der Waals surface area contributed by atoms with Crippen LogP contribution < -0.4 is 5.73 Å². The summed E-state index contributed by atoms with van der Waals surface area (Å²) in [6.07, 6.45) is 5.19. The lowest BCUT2D eigenvalue weighted by atomic mass is 10.0. The molecule has 0 amide bonds. The number of nitrogen functional groups attached to an aromatic ring is 1. The SMILES string of the molecule is CCCCN(CCCC)CCC(O)c1ccccc1N. The van der Waals surface area contributed by atoms with E-state index in [2.05, 4.69) is 18.7 Å². The summed E-state index contributed by atoms with van der Waals surface area (Å²) in [4.78, 5) is 2.47. The summed E-state index contributed by atoms with van der Waals surface area (Å²) in [5, 5.41) is 10.3. The van der Waals surface area contributed by atoms with Gasteiger partial charge in [0, 0.05) is 17.8 Å². The fraction of sp³-hybridized carbons (Fsp3) is 0.647. The van der Waals surface area contributed by atoms with Gasteiger partial charge < -0.3 is 15.7 Å². The summed E-state index contributed by atoms with van der Waals surface area (Å²) >= 11 is 0. The number of anilines is 1. The van der Waals surface area contributed by atoms with E-state index in [4.69, 9.17) is 5.73 Å². The van der Waals surface area contributed by atoms with Crippen molar-refractivity contribution in [2.45, 2.75) is 52.1 Å². The Morgan fingerprint density at radius 3 is 2.20 bits per heavy atom. The van der Waals surface area contributed by atoms with Crippen LogP contribution in [0.3, 0.4) is 0 Å². The molecule has 0 aliphatic rings. The number of benzene rings is 1. The molecule has 0 aromatic heterocycles. The standard InChI is InChI=1S/C17H30N2O/c1-3-5-12-19(13-6-4-2)14-11-17(20)15-9-7-8-10-16(15)18/h7-10,17,20H,3-6,11-14,18H2,1-2H3. The molecule has 1 aromatic rings. The minimum Gasteiger partial charge on any atom is -0.398 e. The molecule has 0 bridgehead atoms. The van der Waals surface area contributed by atoms with Gasteiger partial charge >= 0.3 is 0 Å². The number of hydrogen-bond acceptors (Lipinski definition) is 3. The maximum atomic E-state index is 10.3. The van der Waals surface area contributed by atoms with Crippen molar-refractivity contribution < 1.29 is 5.11 Å². The zero-order chi connectivity index (χ0) is 14.8. The molecule has 114 valence electrons. The number of nitrogens with zero attached hydrogens (tertiary/aromatic N) is 1. The maximum Gasteiger partial charge on any atom is 0.0822 e. The van der Waals surface area contributed by atoms with E-state index in [1.807, 2.05) is 24.3 Å². The molecule has 0 saturated heterocycles. The summed E-state index contributed by atoms with van der Waals surface area (Å²) in [6.45, 7) is 7.64. The third-order valence-electron chi connectivity index (χ3n) is 3.73. The van der Waals surface area contributed by atoms with Crippen LogP contribution in [-0.2, 0) is 0 Å². The van der Waals surface area contributed by atoms with E-state index in [0.29, 0.717) is 5.69 Å². The Kier molecular flexibility index (Phi) is 8.31. The van der Waals surface area contributed by atoms with Gasteiger partial charge in [0.05, 0.1) is 6.10 Å². The highest BCUT2D eigenvalue weighted by molar-refractivity contribution is 5.47. The van der Waals surface area contributed by atoms with Crippen molar-refractivity contribution in [3.8, 4) is 0 Å². The number of unbranched alkanes of at least 4 members (excludes halogenated alkanes) is 2. The second-order valence-electron chi connectivity index (χ2n) is 5.48. The van der Waals surface area contributed by atoms with E-state index in [9.17, 15) is 5.11 Å². The van der Waals surface area contributed by atoms with Crippen molar-refractivity contribution >= 4 is 5.69 Å². The van der Waals surface area contributed by atoms with Crippen molar-refractivity contribution in [1.29, 1.82) is 0 Å². The van der Waals surface area contributed by atoms with Gasteiger partial charge in [0.2, 0.25) is 0 Å². The first-order chi connectivity index (χ1) is 9.69. The van der Waals surface area contributed by atoms with Crippen LogP contribution in [0.5, 0.6) is 0 Å². The summed E-state index contributed by atoms with van der Waals surface area (Å²) in [7, 11) is 0. The van der Waals surface area contributed by atoms with Gasteiger partial charge in [-0.15, -0.1) is 0 Å². The molecule has 1 rings (SSSR count).